The number of nitrogens with two attached hydrogens (primary N) is 1. The summed E-state index contributed by atoms with van der Waals surface area (Å²) in [5, 5.41) is 7.38. The van der Waals surface area contributed by atoms with E-state index >= 15 is 0 Å². The average Bonchev–Trinajstić information content (AvgIpc) is 3.18. The van der Waals surface area contributed by atoms with Gasteiger partial charge in [-0.2, -0.15) is 0 Å². The summed E-state index contributed by atoms with van der Waals surface area (Å²) in [5.41, 5.74) is 6.64. The number of nitrogens with zero attached hydrogens (tertiary/aromatic N) is 2. The number of H-pyrrole nitrogens is 1. The van der Waals surface area contributed by atoms with Crippen LogP contribution in [0.25, 0.3) is 0 Å². The number of aromatic amines is 1. The van der Waals surface area contributed by atoms with Crippen molar-refractivity contribution in [3.05, 3.63) is 38.7 Å². The number of aromatic nitrogens is 3. The fourth-order valence-corrected chi connectivity index (χ4v) is 3.64. The molecule has 0 amide bonds. The van der Waals surface area contributed by atoms with Crippen molar-refractivity contribution in [2.24, 2.45) is 5.73 Å². The van der Waals surface area contributed by atoms with Crippen LogP contribution in [-0.4, -0.2) is 21.3 Å². The van der Waals surface area contributed by atoms with Crippen LogP contribution in [0.15, 0.2) is 37.5 Å². The van der Waals surface area contributed by atoms with E-state index < -0.39 is 0 Å². The highest BCUT2D eigenvalue weighted by atomic mass is 79.9. The molecule has 0 radical (unpaired) electrons. The molecule has 0 unspecified atom stereocenters. The molecule has 20 heavy (non-hydrogen) atoms. The monoisotopic (exact) mass is 354 g/mol. The Balaban J connectivity index is 1.86. The lowest BCUT2D eigenvalue weighted by molar-refractivity contribution is 0.642. The van der Waals surface area contributed by atoms with Gasteiger partial charge in [-0.3, -0.25) is 4.57 Å². The molecule has 1 saturated carbocycles. The van der Waals surface area contributed by atoms with Crippen LogP contribution in [0.5, 0.6) is 0 Å². The second kappa shape index (κ2) is 5.75. The van der Waals surface area contributed by atoms with Gasteiger partial charge >= 0.3 is 5.69 Å². The molecular formula is C13H15BrN4OS. The van der Waals surface area contributed by atoms with E-state index in [0.29, 0.717) is 12.6 Å². The molecular weight excluding hydrogens is 340 g/mol. The zero-order chi connectivity index (χ0) is 14.1. The molecule has 1 aliphatic rings. The Morgan fingerprint density at radius 1 is 1.50 bits per heavy atom. The number of rotatable bonds is 5. The van der Waals surface area contributed by atoms with Crippen LogP contribution in [0.4, 0.5) is 0 Å². The van der Waals surface area contributed by atoms with E-state index in [-0.39, 0.29) is 5.69 Å². The van der Waals surface area contributed by atoms with Crippen molar-refractivity contribution in [1.82, 2.24) is 14.8 Å². The number of hydrogen-bond donors (Lipinski definition) is 2. The molecule has 0 saturated heterocycles. The lowest BCUT2D eigenvalue weighted by atomic mass is 10.2. The SMILES string of the molecule is NCCc1ccc(Sc2n[nH]c(=O)n2C2CC2)c(Br)c1. The van der Waals surface area contributed by atoms with Gasteiger partial charge in [-0.05, 0) is 71.2 Å². The number of halogens is 1. The Morgan fingerprint density at radius 2 is 2.30 bits per heavy atom. The van der Waals surface area contributed by atoms with E-state index in [9.17, 15) is 4.79 Å². The number of benzene rings is 1. The van der Waals surface area contributed by atoms with Gasteiger partial charge in [-0.1, -0.05) is 6.07 Å². The Hall–Kier alpha value is -1.05. The van der Waals surface area contributed by atoms with Gasteiger partial charge < -0.3 is 5.73 Å². The second-order valence-corrected chi connectivity index (χ2v) is 6.68. The minimum atomic E-state index is -0.120. The Kier molecular flexibility index (Phi) is 4.00. The summed E-state index contributed by atoms with van der Waals surface area (Å²) >= 11 is 5.07. The second-order valence-electron chi connectivity index (χ2n) is 4.82. The fraction of sp³-hybridized carbons (Fsp3) is 0.385. The Bertz CT molecular complexity index is 677. The fourth-order valence-electron chi connectivity index (χ4n) is 2.06. The first kappa shape index (κ1) is 13.9. The van der Waals surface area contributed by atoms with Gasteiger partial charge in [0.05, 0.1) is 0 Å². The van der Waals surface area contributed by atoms with Crippen molar-refractivity contribution in [1.29, 1.82) is 0 Å². The normalized spacial score (nSPS) is 14.7. The standard InChI is InChI=1S/C13H15BrN4OS/c14-10-7-8(5-6-15)1-4-11(10)20-13-17-16-12(19)18(13)9-2-3-9/h1,4,7,9H,2-3,5-6,15H2,(H,16,19). The van der Waals surface area contributed by atoms with Gasteiger partial charge in [0.25, 0.3) is 0 Å². The van der Waals surface area contributed by atoms with Gasteiger partial charge in [0.1, 0.15) is 0 Å². The minimum Gasteiger partial charge on any atom is -0.330 e. The maximum Gasteiger partial charge on any atom is 0.344 e. The summed E-state index contributed by atoms with van der Waals surface area (Å²) in [6.07, 6.45) is 2.98. The predicted octanol–water partition coefficient (Wildman–Crippen LogP) is 2.32. The molecule has 1 heterocycles. The highest BCUT2D eigenvalue weighted by Gasteiger charge is 2.28. The summed E-state index contributed by atoms with van der Waals surface area (Å²) in [5.74, 6) is 0. The molecule has 1 aromatic carbocycles. The Labute approximate surface area is 129 Å². The quantitative estimate of drug-likeness (QED) is 0.863. The smallest absolute Gasteiger partial charge is 0.330 e. The molecule has 7 heteroatoms. The topological polar surface area (TPSA) is 76.7 Å². The molecule has 0 aliphatic heterocycles. The van der Waals surface area contributed by atoms with E-state index in [1.54, 1.807) is 4.57 Å². The van der Waals surface area contributed by atoms with E-state index in [4.69, 9.17) is 5.73 Å². The maximum atomic E-state index is 11.7. The zero-order valence-electron chi connectivity index (χ0n) is 10.8. The molecule has 3 N–H and O–H groups in total. The van der Waals surface area contributed by atoms with Crippen molar-refractivity contribution < 1.29 is 0 Å². The largest absolute Gasteiger partial charge is 0.344 e. The lowest BCUT2D eigenvalue weighted by Crippen LogP contribution is -2.16. The third-order valence-corrected chi connectivity index (χ3v) is 5.18. The third-order valence-electron chi connectivity index (χ3n) is 3.21. The summed E-state index contributed by atoms with van der Waals surface area (Å²) in [6, 6.07) is 6.49. The minimum absolute atomic E-state index is 0.120. The van der Waals surface area contributed by atoms with Crippen LogP contribution in [0.3, 0.4) is 0 Å². The molecule has 1 aliphatic carbocycles. The predicted molar refractivity (Wildman–Crippen MR) is 82.1 cm³/mol. The summed E-state index contributed by atoms with van der Waals surface area (Å²) < 4.78 is 2.76. The Morgan fingerprint density at radius 3 is 2.95 bits per heavy atom. The zero-order valence-corrected chi connectivity index (χ0v) is 13.2. The van der Waals surface area contributed by atoms with Crippen molar-refractivity contribution in [3.63, 3.8) is 0 Å². The highest BCUT2D eigenvalue weighted by molar-refractivity contribution is 9.10. The van der Waals surface area contributed by atoms with E-state index in [2.05, 4.69) is 38.3 Å². The molecule has 5 nitrogen and oxygen atoms in total. The summed E-state index contributed by atoms with van der Waals surface area (Å²) in [7, 11) is 0. The molecule has 0 atom stereocenters. The van der Waals surface area contributed by atoms with Crippen molar-refractivity contribution in [3.8, 4) is 0 Å². The molecule has 1 fully saturated rings. The van der Waals surface area contributed by atoms with Crippen LogP contribution >= 0.6 is 27.7 Å². The van der Waals surface area contributed by atoms with Crippen molar-refractivity contribution in [2.45, 2.75) is 35.4 Å². The van der Waals surface area contributed by atoms with Gasteiger partial charge in [-0.25, -0.2) is 9.89 Å². The van der Waals surface area contributed by atoms with Crippen LogP contribution in [0, 0.1) is 0 Å². The lowest BCUT2D eigenvalue weighted by Gasteiger charge is -2.07. The maximum absolute atomic E-state index is 11.7. The van der Waals surface area contributed by atoms with Crippen LogP contribution in [0.1, 0.15) is 24.4 Å². The molecule has 1 aromatic heterocycles. The summed E-state index contributed by atoms with van der Waals surface area (Å²) in [6.45, 7) is 0.638. The first-order valence-electron chi connectivity index (χ1n) is 6.52. The van der Waals surface area contributed by atoms with Crippen LogP contribution < -0.4 is 11.4 Å². The first-order chi connectivity index (χ1) is 9.69. The summed E-state index contributed by atoms with van der Waals surface area (Å²) in [4.78, 5) is 12.8. The molecule has 106 valence electrons. The van der Waals surface area contributed by atoms with Crippen LogP contribution in [-0.2, 0) is 6.42 Å². The van der Waals surface area contributed by atoms with E-state index in [1.807, 2.05) is 6.07 Å². The number of hydrogen-bond acceptors (Lipinski definition) is 4. The molecule has 0 spiro atoms. The van der Waals surface area contributed by atoms with E-state index in [0.717, 1.165) is 33.8 Å². The van der Waals surface area contributed by atoms with E-state index in [1.165, 1.54) is 17.3 Å². The third kappa shape index (κ3) is 2.84. The average molecular weight is 355 g/mol. The van der Waals surface area contributed by atoms with Crippen LogP contribution in [0.2, 0.25) is 0 Å². The van der Waals surface area contributed by atoms with Crippen molar-refractivity contribution >= 4 is 27.7 Å². The molecule has 0 bridgehead atoms. The van der Waals surface area contributed by atoms with Gasteiger partial charge in [0.2, 0.25) is 0 Å². The van der Waals surface area contributed by atoms with Gasteiger partial charge in [0, 0.05) is 15.4 Å². The molecule has 3 rings (SSSR count). The van der Waals surface area contributed by atoms with Gasteiger partial charge in [-0.15, -0.1) is 5.10 Å². The van der Waals surface area contributed by atoms with Crippen molar-refractivity contribution in [2.75, 3.05) is 6.54 Å². The first-order valence-corrected chi connectivity index (χ1v) is 8.13. The van der Waals surface area contributed by atoms with Gasteiger partial charge in [0.15, 0.2) is 5.16 Å². The highest BCUT2D eigenvalue weighted by Crippen LogP contribution is 2.39. The number of nitrogens with one attached hydrogen (secondary N) is 1. The molecule has 2 aromatic rings.